The van der Waals surface area contributed by atoms with Crippen LogP contribution in [0.25, 0.3) is 0 Å². The van der Waals surface area contributed by atoms with E-state index in [1.165, 1.54) is 0 Å². The summed E-state index contributed by atoms with van der Waals surface area (Å²) in [6, 6.07) is 0.336. The third-order valence-electron chi connectivity index (χ3n) is 3.95. The fraction of sp³-hybridized carbons (Fsp3) is 0.692. The van der Waals surface area contributed by atoms with Gasteiger partial charge in [0.2, 0.25) is 5.95 Å². The Morgan fingerprint density at radius 3 is 2.79 bits per heavy atom. The number of rotatable bonds is 3. The smallest absolute Gasteiger partial charge is 0.290 e. The van der Waals surface area contributed by atoms with Gasteiger partial charge in [-0.2, -0.15) is 13.8 Å². The Morgan fingerprint density at radius 1 is 1.42 bits per heavy atom. The van der Waals surface area contributed by atoms with Crippen LogP contribution in [0.4, 0.5) is 20.5 Å². The Bertz CT molecular complexity index is 504. The second-order valence-electron chi connectivity index (χ2n) is 5.27. The second kappa shape index (κ2) is 4.28. The van der Waals surface area contributed by atoms with Crippen LogP contribution in [0.1, 0.15) is 37.9 Å². The van der Waals surface area contributed by atoms with Gasteiger partial charge in [0.15, 0.2) is 0 Å². The molecule has 1 aromatic rings. The second-order valence-corrected chi connectivity index (χ2v) is 5.27. The molecule has 0 bridgehead atoms. The van der Waals surface area contributed by atoms with Crippen molar-refractivity contribution < 1.29 is 8.78 Å². The number of fused-ring (bicyclic) bond motifs is 1. The Morgan fingerprint density at radius 2 is 2.21 bits per heavy atom. The minimum Gasteiger partial charge on any atom is -0.370 e. The highest BCUT2D eigenvalue weighted by Gasteiger charge is 2.43. The Labute approximate surface area is 111 Å². The molecule has 6 heteroatoms. The van der Waals surface area contributed by atoms with Crippen molar-refractivity contribution in [2.24, 2.45) is 0 Å². The molecule has 0 unspecified atom stereocenters. The average Bonchev–Trinajstić information content (AvgIpc) is 2.65. The maximum absolute atomic E-state index is 13.9. The lowest BCUT2D eigenvalue weighted by Crippen LogP contribution is -2.47. The number of hydrogen-bond donors (Lipinski definition) is 1. The molecule has 0 radical (unpaired) electrons. The molecule has 1 atom stereocenters. The molecule has 3 rings (SSSR count). The first-order valence-electron chi connectivity index (χ1n) is 6.82. The number of nitrogens with one attached hydrogen (secondary N) is 1. The highest BCUT2D eigenvalue weighted by atomic mass is 19.3. The molecule has 0 amide bonds. The minimum absolute atomic E-state index is 0.0763. The molecular formula is C13H18F2N4. The summed E-state index contributed by atoms with van der Waals surface area (Å²) >= 11 is 0. The molecule has 0 spiro atoms. The molecule has 1 N–H and O–H groups in total. The summed E-state index contributed by atoms with van der Waals surface area (Å²) in [5.41, 5.74) is 0.510. The van der Waals surface area contributed by atoms with Crippen LogP contribution in [0.2, 0.25) is 0 Å². The Kier molecular flexibility index (Phi) is 2.83. The van der Waals surface area contributed by atoms with Gasteiger partial charge in [-0.1, -0.05) is 0 Å². The molecule has 2 aliphatic rings. The molecule has 1 fully saturated rings. The fourth-order valence-electron chi connectivity index (χ4n) is 2.67. The standard InChI is InChI=1S/C13H18F2N4/c1-3-16-11-9-4-6-13(14,15)10(9)17-12(18-11)19-7-5-8(19)2/h8H,3-7H2,1-2H3,(H,16,17,18)/t8-/m0/s1. The van der Waals surface area contributed by atoms with Crippen LogP contribution >= 0.6 is 0 Å². The van der Waals surface area contributed by atoms with E-state index in [0.29, 0.717) is 36.3 Å². The summed E-state index contributed by atoms with van der Waals surface area (Å²) in [5, 5.41) is 3.09. The molecule has 1 aromatic heterocycles. The van der Waals surface area contributed by atoms with Crippen molar-refractivity contribution in [1.82, 2.24) is 9.97 Å². The van der Waals surface area contributed by atoms with Gasteiger partial charge in [0.25, 0.3) is 5.92 Å². The summed E-state index contributed by atoms with van der Waals surface area (Å²) in [4.78, 5) is 10.6. The predicted octanol–water partition coefficient (Wildman–Crippen LogP) is 2.55. The van der Waals surface area contributed by atoms with Crippen molar-refractivity contribution in [3.8, 4) is 0 Å². The molecule has 1 aliphatic carbocycles. The quantitative estimate of drug-likeness (QED) is 0.914. The van der Waals surface area contributed by atoms with Gasteiger partial charge in [-0.3, -0.25) is 0 Å². The van der Waals surface area contributed by atoms with E-state index >= 15 is 0 Å². The van der Waals surface area contributed by atoms with Crippen LogP contribution in [0.5, 0.6) is 0 Å². The van der Waals surface area contributed by atoms with Crippen LogP contribution in [0.15, 0.2) is 0 Å². The molecule has 104 valence electrons. The zero-order valence-electron chi connectivity index (χ0n) is 11.2. The van der Waals surface area contributed by atoms with E-state index in [-0.39, 0.29) is 12.1 Å². The van der Waals surface area contributed by atoms with Crippen LogP contribution in [0, 0.1) is 0 Å². The highest BCUT2D eigenvalue weighted by Crippen LogP contribution is 2.43. The summed E-state index contributed by atoms with van der Waals surface area (Å²) in [6.45, 7) is 5.51. The Hall–Kier alpha value is -1.46. The van der Waals surface area contributed by atoms with Crippen molar-refractivity contribution in [2.45, 2.75) is 45.1 Å². The number of aromatic nitrogens is 2. The lowest BCUT2D eigenvalue weighted by atomic mass is 10.1. The molecule has 1 saturated heterocycles. The van der Waals surface area contributed by atoms with Gasteiger partial charge in [0.05, 0.1) is 0 Å². The largest absolute Gasteiger partial charge is 0.370 e. The van der Waals surface area contributed by atoms with Gasteiger partial charge in [0, 0.05) is 31.1 Å². The van der Waals surface area contributed by atoms with E-state index in [1.54, 1.807) is 0 Å². The van der Waals surface area contributed by atoms with E-state index < -0.39 is 5.92 Å². The maximum Gasteiger partial charge on any atom is 0.290 e. The average molecular weight is 268 g/mol. The third kappa shape index (κ3) is 1.93. The molecular weight excluding hydrogens is 250 g/mol. The summed E-state index contributed by atoms with van der Waals surface area (Å²) < 4.78 is 27.8. The first-order valence-corrected chi connectivity index (χ1v) is 6.82. The number of anilines is 2. The minimum atomic E-state index is -2.81. The molecule has 1 aliphatic heterocycles. The molecule has 2 heterocycles. The summed E-state index contributed by atoms with van der Waals surface area (Å²) in [5.74, 6) is -1.79. The molecule has 0 saturated carbocycles. The highest BCUT2D eigenvalue weighted by molar-refractivity contribution is 5.55. The number of nitrogens with zero attached hydrogens (tertiary/aromatic N) is 3. The van der Waals surface area contributed by atoms with Crippen LogP contribution in [0.3, 0.4) is 0 Å². The number of hydrogen-bond acceptors (Lipinski definition) is 4. The van der Waals surface area contributed by atoms with Gasteiger partial charge < -0.3 is 10.2 Å². The number of halogens is 2. The van der Waals surface area contributed by atoms with Gasteiger partial charge in [-0.25, -0.2) is 4.98 Å². The first-order chi connectivity index (χ1) is 9.03. The third-order valence-corrected chi connectivity index (χ3v) is 3.95. The Balaban J connectivity index is 2.06. The summed E-state index contributed by atoms with van der Waals surface area (Å²) in [6.07, 6.45) is 1.25. The van der Waals surface area contributed by atoms with Gasteiger partial charge in [-0.15, -0.1) is 0 Å². The van der Waals surface area contributed by atoms with Crippen molar-refractivity contribution in [3.05, 3.63) is 11.3 Å². The van der Waals surface area contributed by atoms with Crippen LogP contribution in [-0.4, -0.2) is 29.1 Å². The lowest BCUT2D eigenvalue weighted by molar-refractivity contribution is -0.00594. The molecule has 19 heavy (non-hydrogen) atoms. The SMILES string of the molecule is CCNc1nc(N2CC[C@@H]2C)nc2c1CCC2(F)F. The van der Waals surface area contributed by atoms with Gasteiger partial charge in [-0.05, 0) is 26.7 Å². The van der Waals surface area contributed by atoms with Crippen molar-refractivity contribution in [3.63, 3.8) is 0 Å². The maximum atomic E-state index is 13.9. The van der Waals surface area contributed by atoms with Crippen molar-refractivity contribution in [1.29, 1.82) is 0 Å². The summed E-state index contributed by atoms with van der Waals surface area (Å²) in [7, 11) is 0. The predicted molar refractivity (Wildman–Crippen MR) is 69.8 cm³/mol. The van der Waals surface area contributed by atoms with E-state index in [2.05, 4.69) is 22.2 Å². The van der Waals surface area contributed by atoms with Gasteiger partial charge >= 0.3 is 0 Å². The van der Waals surface area contributed by atoms with E-state index in [0.717, 1.165) is 13.0 Å². The normalized spacial score (nSPS) is 24.0. The van der Waals surface area contributed by atoms with Gasteiger partial charge in [0.1, 0.15) is 11.5 Å². The van der Waals surface area contributed by atoms with E-state index in [1.807, 2.05) is 11.8 Å². The monoisotopic (exact) mass is 268 g/mol. The van der Waals surface area contributed by atoms with E-state index in [4.69, 9.17) is 0 Å². The molecule has 0 aromatic carbocycles. The van der Waals surface area contributed by atoms with Crippen molar-refractivity contribution >= 4 is 11.8 Å². The zero-order valence-corrected chi connectivity index (χ0v) is 11.2. The fourth-order valence-corrected chi connectivity index (χ4v) is 2.67. The first kappa shape index (κ1) is 12.6. The van der Waals surface area contributed by atoms with E-state index in [9.17, 15) is 8.78 Å². The van der Waals surface area contributed by atoms with Crippen molar-refractivity contribution in [2.75, 3.05) is 23.3 Å². The zero-order chi connectivity index (χ0) is 13.6. The molecule has 4 nitrogen and oxygen atoms in total. The number of alkyl halides is 2. The topological polar surface area (TPSA) is 41.1 Å². The van der Waals surface area contributed by atoms with Crippen LogP contribution < -0.4 is 10.2 Å². The lowest BCUT2D eigenvalue weighted by Gasteiger charge is -2.39. The van der Waals surface area contributed by atoms with Crippen LogP contribution in [-0.2, 0) is 12.3 Å².